The first-order chi connectivity index (χ1) is 10.8. The molecule has 1 rings (SSSR count). The van der Waals surface area contributed by atoms with E-state index in [-0.39, 0.29) is 16.7 Å². The lowest BCUT2D eigenvalue weighted by molar-refractivity contribution is -0.119. The summed E-state index contributed by atoms with van der Waals surface area (Å²) in [4.78, 5) is 12.3. The number of hydrogen-bond acceptors (Lipinski definition) is 3. The zero-order valence-electron chi connectivity index (χ0n) is 14.1. The first kappa shape index (κ1) is 19.9. The number of rotatable bonds is 8. The van der Waals surface area contributed by atoms with Gasteiger partial charge < -0.3 is 5.32 Å². The molecule has 1 N–H and O–H groups in total. The van der Waals surface area contributed by atoms with Crippen LogP contribution >= 0.6 is 11.6 Å². The highest BCUT2D eigenvalue weighted by Crippen LogP contribution is 2.27. The average Bonchev–Trinajstić information content (AvgIpc) is 2.50. The van der Waals surface area contributed by atoms with Crippen molar-refractivity contribution in [2.45, 2.75) is 45.4 Å². The number of sulfonamides is 1. The topological polar surface area (TPSA) is 66.5 Å². The summed E-state index contributed by atoms with van der Waals surface area (Å²) in [5.74, 6) is -0.315. The molecule has 0 spiro atoms. The Labute approximate surface area is 144 Å². The molecule has 23 heavy (non-hydrogen) atoms. The predicted octanol–water partition coefficient (Wildman–Crippen LogP) is 3.75. The van der Waals surface area contributed by atoms with Crippen LogP contribution in [0.15, 0.2) is 23.1 Å². The Morgan fingerprint density at radius 1 is 1.26 bits per heavy atom. The molecule has 0 radical (unpaired) electrons. The van der Waals surface area contributed by atoms with Crippen molar-refractivity contribution in [3.63, 3.8) is 0 Å². The summed E-state index contributed by atoms with van der Waals surface area (Å²) in [6.45, 7) is 8.18. The maximum Gasteiger partial charge on any atom is 0.243 e. The fraction of sp³-hybridized carbons (Fsp3) is 0.562. The third-order valence-corrected chi connectivity index (χ3v) is 6.08. The van der Waals surface area contributed by atoms with Crippen LogP contribution in [0, 0.1) is 5.92 Å². The first-order valence-corrected chi connectivity index (χ1v) is 9.70. The molecule has 0 aliphatic heterocycles. The molecule has 1 aromatic rings. The first-order valence-electron chi connectivity index (χ1n) is 7.88. The highest BCUT2D eigenvalue weighted by atomic mass is 35.5. The van der Waals surface area contributed by atoms with Crippen LogP contribution < -0.4 is 5.32 Å². The van der Waals surface area contributed by atoms with Crippen molar-refractivity contribution in [2.24, 2.45) is 5.92 Å². The van der Waals surface area contributed by atoms with Gasteiger partial charge in [0.1, 0.15) is 0 Å². The van der Waals surface area contributed by atoms with Crippen LogP contribution in [0.3, 0.4) is 0 Å². The normalized spacial score (nSPS) is 13.1. The highest BCUT2D eigenvalue weighted by Gasteiger charge is 2.23. The molecule has 1 unspecified atom stereocenters. The van der Waals surface area contributed by atoms with Gasteiger partial charge in [-0.25, -0.2) is 8.42 Å². The lowest BCUT2D eigenvalue weighted by Crippen LogP contribution is -2.30. The van der Waals surface area contributed by atoms with Crippen molar-refractivity contribution < 1.29 is 13.2 Å². The van der Waals surface area contributed by atoms with Gasteiger partial charge in [-0.15, -0.1) is 0 Å². The number of carbonyl (C=O) groups excluding carboxylic acids is 1. The smallest absolute Gasteiger partial charge is 0.243 e. The Bertz CT molecular complexity index is 643. The van der Waals surface area contributed by atoms with Gasteiger partial charge in [0.2, 0.25) is 15.9 Å². The van der Waals surface area contributed by atoms with E-state index in [1.807, 2.05) is 13.8 Å². The Morgan fingerprint density at radius 2 is 1.87 bits per heavy atom. The van der Waals surface area contributed by atoms with Crippen LogP contribution in [-0.4, -0.2) is 31.7 Å². The standard InChI is InChI=1S/C16H25ClN2O3S/c1-5-8-12(4)16(20)18-15-11-13(9-10-14(15)17)23(21,22)19(6-2)7-3/h9-12H,5-8H2,1-4H3,(H,18,20). The summed E-state index contributed by atoms with van der Waals surface area (Å²) in [6.07, 6.45) is 1.67. The summed E-state index contributed by atoms with van der Waals surface area (Å²) in [7, 11) is -3.58. The number of anilines is 1. The van der Waals surface area contributed by atoms with Crippen LogP contribution in [0.2, 0.25) is 5.02 Å². The summed E-state index contributed by atoms with van der Waals surface area (Å²) >= 11 is 6.10. The molecule has 5 nitrogen and oxygen atoms in total. The molecule has 0 bridgehead atoms. The molecule has 0 aliphatic carbocycles. The van der Waals surface area contributed by atoms with Crippen LogP contribution in [-0.2, 0) is 14.8 Å². The molecule has 0 fully saturated rings. The molecule has 7 heteroatoms. The van der Waals surface area contributed by atoms with E-state index in [4.69, 9.17) is 11.6 Å². The van der Waals surface area contributed by atoms with E-state index in [2.05, 4.69) is 5.32 Å². The Hall–Kier alpha value is -1.11. The van der Waals surface area contributed by atoms with Gasteiger partial charge in [-0.3, -0.25) is 4.79 Å². The highest BCUT2D eigenvalue weighted by molar-refractivity contribution is 7.89. The van der Waals surface area contributed by atoms with E-state index in [1.54, 1.807) is 13.8 Å². The third kappa shape index (κ3) is 4.93. The second-order valence-corrected chi connectivity index (χ2v) is 7.76. The lowest BCUT2D eigenvalue weighted by Gasteiger charge is -2.19. The van der Waals surface area contributed by atoms with Gasteiger partial charge in [-0.1, -0.05) is 45.7 Å². The average molecular weight is 361 g/mol. The molecule has 0 heterocycles. The minimum atomic E-state index is -3.58. The van der Waals surface area contributed by atoms with Crippen molar-refractivity contribution in [3.8, 4) is 0 Å². The molecule has 0 saturated heterocycles. The van der Waals surface area contributed by atoms with E-state index in [9.17, 15) is 13.2 Å². The second kappa shape index (κ2) is 8.66. The van der Waals surface area contributed by atoms with Gasteiger partial charge in [0, 0.05) is 19.0 Å². The van der Waals surface area contributed by atoms with Crippen molar-refractivity contribution in [3.05, 3.63) is 23.2 Å². The minimum absolute atomic E-state index is 0.129. The summed E-state index contributed by atoms with van der Waals surface area (Å²) < 4.78 is 26.5. The maximum atomic E-state index is 12.6. The van der Waals surface area contributed by atoms with Crippen molar-refractivity contribution in [1.29, 1.82) is 0 Å². The monoisotopic (exact) mass is 360 g/mol. The second-order valence-electron chi connectivity index (χ2n) is 5.41. The molecule has 1 atom stereocenters. The number of carbonyl (C=O) groups is 1. The summed E-state index contributed by atoms with van der Waals surface area (Å²) in [5, 5.41) is 3.05. The molecular weight excluding hydrogens is 336 g/mol. The molecule has 0 saturated carbocycles. The van der Waals surface area contributed by atoms with Gasteiger partial charge in [-0.2, -0.15) is 4.31 Å². The molecule has 0 aromatic heterocycles. The number of benzene rings is 1. The number of amides is 1. The van der Waals surface area contributed by atoms with Gasteiger partial charge in [-0.05, 0) is 24.6 Å². The van der Waals surface area contributed by atoms with E-state index < -0.39 is 10.0 Å². The Kier molecular flexibility index (Phi) is 7.51. The van der Waals surface area contributed by atoms with E-state index >= 15 is 0 Å². The number of nitrogens with zero attached hydrogens (tertiary/aromatic N) is 1. The largest absolute Gasteiger partial charge is 0.324 e. The fourth-order valence-corrected chi connectivity index (χ4v) is 3.94. The quantitative estimate of drug-likeness (QED) is 0.767. The fourth-order valence-electron chi connectivity index (χ4n) is 2.29. The van der Waals surface area contributed by atoms with Crippen molar-refractivity contribution in [2.75, 3.05) is 18.4 Å². The lowest BCUT2D eigenvalue weighted by atomic mass is 10.1. The van der Waals surface area contributed by atoms with Crippen molar-refractivity contribution in [1.82, 2.24) is 4.31 Å². The van der Waals surface area contributed by atoms with Crippen LogP contribution in [0.4, 0.5) is 5.69 Å². The Morgan fingerprint density at radius 3 is 2.39 bits per heavy atom. The summed E-state index contributed by atoms with van der Waals surface area (Å²) in [5.41, 5.74) is 0.327. The number of halogens is 1. The molecular formula is C16H25ClN2O3S. The zero-order valence-corrected chi connectivity index (χ0v) is 15.7. The van der Waals surface area contributed by atoms with Crippen molar-refractivity contribution >= 4 is 33.2 Å². The number of hydrogen-bond donors (Lipinski definition) is 1. The minimum Gasteiger partial charge on any atom is -0.324 e. The summed E-state index contributed by atoms with van der Waals surface area (Å²) in [6, 6.07) is 4.38. The molecule has 130 valence electrons. The van der Waals surface area contributed by atoms with E-state index in [0.29, 0.717) is 23.8 Å². The predicted molar refractivity (Wildman–Crippen MR) is 94.3 cm³/mol. The van der Waals surface area contributed by atoms with E-state index in [0.717, 1.165) is 12.8 Å². The van der Waals surface area contributed by atoms with Gasteiger partial charge >= 0.3 is 0 Å². The van der Waals surface area contributed by atoms with Crippen LogP contribution in [0.1, 0.15) is 40.5 Å². The zero-order chi connectivity index (χ0) is 17.6. The van der Waals surface area contributed by atoms with Gasteiger partial charge in [0.15, 0.2) is 0 Å². The maximum absolute atomic E-state index is 12.6. The van der Waals surface area contributed by atoms with E-state index in [1.165, 1.54) is 22.5 Å². The third-order valence-electron chi connectivity index (χ3n) is 3.71. The van der Waals surface area contributed by atoms with Crippen LogP contribution in [0.25, 0.3) is 0 Å². The van der Waals surface area contributed by atoms with Crippen LogP contribution in [0.5, 0.6) is 0 Å². The molecule has 0 aliphatic rings. The molecule has 1 aromatic carbocycles. The molecule has 1 amide bonds. The number of nitrogens with one attached hydrogen (secondary N) is 1. The SMILES string of the molecule is CCCC(C)C(=O)Nc1cc(S(=O)(=O)N(CC)CC)ccc1Cl. The van der Waals surface area contributed by atoms with Gasteiger partial charge in [0.05, 0.1) is 15.6 Å². The Balaban J connectivity index is 3.11. The van der Waals surface area contributed by atoms with Gasteiger partial charge in [0.25, 0.3) is 0 Å².